The molecule has 8 nitrogen and oxygen atoms in total. The lowest BCUT2D eigenvalue weighted by molar-refractivity contribution is 0.585. The molecule has 0 radical (unpaired) electrons. The average Bonchev–Trinajstić information content (AvgIpc) is 3.11. The Morgan fingerprint density at radius 3 is 2.59 bits per heavy atom. The summed E-state index contributed by atoms with van der Waals surface area (Å²) >= 11 is 0. The van der Waals surface area contributed by atoms with Crippen LogP contribution < -0.4 is 16.0 Å². The molecule has 146 valence electrons. The van der Waals surface area contributed by atoms with Crippen LogP contribution in [0.2, 0.25) is 0 Å². The minimum atomic E-state index is -0.520. The van der Waals surface area contributed by atoms with E-state index < -0.39 is 5.82 Å². The van der Waals surface area contributed by atoms with Gasteiger partial charge in [0.05, 0.1) is 17.2 Å². The number of imidazole rings is 1. The first-order valence-corrected chi connectivity index (χ1v) is 9.39. The van der Waals surface area contributed by atoms with Crippen LogP contribution in [0, 0.1) is 5.82 Å². The lowest BCUT2D eigenvalue weighted by Gasteiger charge is -2.28. The number of nitrogens with one attached hydrogen (secondary N) is 1. The SMILES string of the molecule is Nc1nc2ccccc2n1-c1ncc(F)c(-c2ccc(N3CCNCC3)nc2)n1. The van der Waals surface area contributed by atoms with Crippen molar-refractivity contribution in [1.29, 1.82) is 0 Å². The maximum absolute atomic E-state index is 14.5. The van der Waals surface area contributed by atoms with Gasteiger partial charge in [0.2, 0.25) is 11.9 Å². The van der Waals surface area contributed by atoms with E-state index in [-0.39, 0.29) is 17.6 Å². The Balaban J connectivity index is 1.54. The molecule has 3 N–H and O–H groups in total. The number of nitrogen functional groups attached to an aromatic ring is 1. The van der Waals surface area contributed by atoms with Gasteiger partial charge in [-0.25, -0.2) is 28.9 Å². The molecule has 5 rings (SSSR count). The molecule has 4 heterocycles. The summed E-state index contributed by atoms with van der Waals surface area (Å²) in [5.74, 6) is 0.859. The Kier molecular flexibility index (Phi) is 4.28. The normalized spacial score (nSPS) is 14.4. The molecule has 0 amide bonds. The van der Waals surface area contributed by atoms with Gasteiger partial charge in [0, 0.05) is 37.9 Å². The van der Waals surface area contributed by atoms with Gasteiger partial charge in [-0.15, -0.1) is 0 Å². The number of nitrogens with zero attached hydrogens (tertiary/aromatic N) is 6. The van der Waals surface area contributed by atoms with Gasteiger partial charge < -0.3 is 16.0 Å². The van der Waals surface area contributed by atoms with E-state index in [2.05, 4.69) is 30.2 Å². The van der Waals surface area contributed by atoms with Gasteiger partial charge in [0.15, 0.2) is 5.82 Å². The number of para-hydroxylation sites is 2. The molecule has 1 saturated heterocycles. The van der Waals surface area contributed by atoms with Crippen LogP contribution in [0.25, 0.3) is 28.2 Å². The second-order valence-corrected chi connectivity index (χ2v) is 6.80. The minimum absolute atomic E-state index is 0.173. The zero-order valence-electron chi connectivity index (χ0n) is 15.6. The molecule has 9 heteroatoms. The molecule has 1 fully saturated rings. The molecule has 3 aromatic heterocycles. The maximum Gasteiger partial charge on any atom is 0.237 e. The lowest BCUT2D eigenvalue weighted by atomic mass is 10.2. The number of benzene rings is 1. The Morgan fingerprint density at radius 2 is 1.79 bits per heavy atom. The Labute approximate surface area is 166 Å². The molecule has 0 spiro atoms. The number of anilines is 2. The second kappa shape index (κ2) is 7.10. The Hall–Kier alpha value is -3.59. The smallest absolute Gasteiger partial charge is 0.237 e. The van der Waals surface area contributed by atoms with Crippen molar-refractivity contribution in [2.45, 2.75) is 0 Å². The van der Waals surface area contributed by atoms with Crippen LogP contribution in [0.4, 0.5) is 16.2 Å². The number of fused-ring (bicyclic) bond motifs is 1. The van der Waals surface area contributed by atoms with E-state index in [0.29, 0.717) is 5.56 Å². The van der Waals surface area contributed by atoms with Crippen molar-refractivity contribution in [3.8, 4) is 17.2 Å². The molecule has 0 atom stereocenters. The number of nitrogens with two attached hydrogens (primary N) is 1. The number of pyridine rings is 1. The van der Waals surface area contributed by atoms with Gasteiger partial charge in [0.1, 0.15) is 11.5 Å². The van der Waals surface area contributed by atoms with Crippen molar-refractivity contribution in [3.05, 3.63) is 54.6 Å². The first kappa shape index (κ1) is 17.5. The molecule has 1 aliphatic rings. The molecule has 1 aliphatic heterocycles. The van der Waals surface area contributed by atoms with Crippen molar-refractivity contribution < 1.29 is 4.39 Å². The van der Waals surface area contributed by atoms with Crippen LogP contribution >= 0.6 is 0 Å². The van der Waals surface area contributed by atoms with E-state index in [4.69, 9.17) is 5.73 Å². The zero-order valence-corrected chi connectivity index (χ0v) is 15.6. The van der Waals surface area contributed by atoms with Crippen molar-refractivity contribution in [1.82, 2.24) is 29.8 Å². The quantitative estimate of drug-likeness (QED) is 0.552. The summed E-state index contributed by atoms with van der Waals surface area (Å²) in [6, 6.07) is 11.2. The largest absolute Gasteiger partial charge is 0.369 e. The summed E-state index contributed by atoms with van der Waals surface area (Å²) in [6.07, 6.45) is 2.79. The first-order chi connectivity index (χ1) is 14.2. The number of hydrogen-bond acceptors (Lipinski definition) is 7. The predicted molar refractivity (Wildman–Crippen MR) is 109 cm³/mol. The molecule has 0 unspecified atom stereocenters. The van der Waals surface area contributed by atoms with Crippen LogP contribution in [0.1, 0.15) is 0 Å². The summed E-state index contributed by atoms with van der Waals surface area (Å²) in [5.41, 5.74) is 8.30. The van der Waals surface area contributed by atoms with E-state index in [1.54, 1.807) is 10.8 Å². The van der Waals surface area contributed by atoms with Crippen molar-refractivity contribution >= 4 is 22.8 Å². The van der Waals surface area contributed by atoms with Crippen molar-refractivity contribution in [2.75, 3.05) is 36.8 Å². The molecule has 0 bridgehead atoms. The molecular formula is C20H19FN8. The fourth-order valence-corrected chi connectivity index (χ4v) is 3.53. The van der Waals surface area contributed by atoms with Gasteiger partial charge in [-0.2, -0.15) is 0 Å². The highest BCUT2D eigenvalue weighted by molar-refractivity contribution is 5.80. The third-order valence-corrected chi connectivity index (χ3v) is 4.98. The number of hydrogen-bond donors (Lipinski definition) is 2. The first-order valence-electron chi connectivity index (χ1n) is 9.39. The standard InChI is InChI=1S/C20H19FN8/c21-14-12-25-20(29-16-4-2-1-3-15(16)26-19(29)22)27-18(14)13-5-6-17(24-11-13)28-9-7-23-8-10-28/h1-6,11-12,23H,7-10H2,(H2,22,26). The number of halogens is 1. The van der Waals surface area contributed by atoms with Gasteiger partial charge in [-0.3, -0.25) is 0 Å². The minimum Gasteiger partial charge on any atom is -0.369 e. The highest BCUT2D eigenvalue weighted by Crippen LogP contribution is 2.25. The summed E-state index contributed by atoms with van der Waals surface area (Å²) in [4.78, 5) is 19.6. The Bertz CT molecular complexity index is 1170. The highest BCUT2D eigenvalue weighted by atomic mass is 19.1. The van der Waals surface area contributed by atoms with E-state index in [1.165, 1.54) is 0 Å². The molecule has 4 aromatic rings. The van der Waals surface area contributed by atoms with Crippen LogP contribution in [-0.4, -0.2) is 50.7 Å². The fourth-order valence-electron chi connectivity index (χ4n) is 3.53. The van der Waals surface area contributed by atoms with Crippen LogP contribution in [0.5, 0.6) is 0 Å². The van der Waals surface area contributed by atoms with Gasteiger partial charge in [-0.05, 0) is 24.3 Å². The topological polar surface area (TPSA) is 97.8 Å². The third-order valence-electron chi connectivity index (χ3n) is 4.98. The van der Waals surface area contributed by atoms with Crippen molar-refractivity contribution in [3.63, 3.8) is 0 Å². The number of piperazine rings is 1. The summed E-state index contributed by atoms with van der Waals surface area (Å²) < 4.78 is 16.2. The monoisotopic (exact) mass is 390 g/mol. The van der Waals surface area contributed by atoms with E-state index in [0.717, 1.165) is 49.2 Å². The fraction of sp³-hybridized carbons (Fsp3) is 0.200. The Morgan fingerprint density at radius 1 is 0.966 bits per heavy atom. The van der Waals surface area contributed by atoms with Gasteiger partial charge in [0.25, 0.3) is 0 Å². The lowest BCUT2D eigenvalue weighted by Crippen LogP contribution is -2.43. The molecule has 0 aliphatic carbocycles. The zero-order chi connectivity index (χ0) is 19.8. The van der Waals surface area contributed by atoms with Crippen LogP contribution in [0.15, 0.2) is 48.8 Å². The van der Waals surface area contributed by atoms with E-state index >= 15 is 0 Å². The predicted octanol–water partition coefficient (Wildman–Crippen LogP) is 2.01. The number of rotatable bonds is 3. The highest BCUT2D eigenvalue weighted by Gasteiger charge is 2.17. The maximum atomic E-state index is 14.5. The number of aromatic nitrogens is 5. The molecular weight excluding hydrogens is 371 g/mol. The molecule has 0 saturated carbocycles. The van der Waals surface area contributed by atoms with Gasteiger partial charge >= 0.3 is 0 Å². The molecule has 29 heavy (non-hydrogen) atoms. The van der Waals surface area contributed by atoms with Crippen LogP contribution in [-0.2, 0) is 0 Å². The third kappa shape index (κ3) is 3.15. The second-order valence-electron chi connectivity index (χ2n) is 6.80. The molecule has 1 aromatic carbocycles. The van der Waals surface area contributed by atoms with Gasteiger partial charge in [-0.1, -0.05) is 12.1 Å². The summed E-state index contributed by atoms with van der Waals surface area (Å²) in [7, 11) is 0. The summed E-state index contributed by atoms with van der Waals surface area (Å²) in [5, 5.41) is 3.31. The van der Waals surface area contributed by atoms with Crippen molar-refractivity contribution in [2.24, 2.45) is 0 Å². The van der Waals surface area contributed by atoms with E-state index in [9.17, 15) is 4.39 Å². The average molecular weight is 390 g/mol. The van der Waals surface area contributed by atoms with E-state index in [1.807, 2.05) is 36.4 Å². The summed E-state index contributed by atoms with van der Waals surface area (Å²) in [6.45, 7) is 3.64. The van der Waals surface area contributed by atoms with Crippen LogP contribution in [0.3, 0.4) is 0 Å².